The van der Waals surface area contributed by atoms with Crippen molar-refractivity contribution in [2.75, 3.05) is 0 Å². The van der Waals surface area contributed by atoms with E-state index in [-0.39, 0.29) is 5.75 Å². The minimum absolute atomic E-state index is 0.0361. The summed E-state index contributed by atoms with van der Waals surface area (Å²) in [6, 6.07) is 8.74. The molecule has 0 aliphatic carbocycles. The lowest BCUT2D eigenvalue weighted by Crippen LogP contribution is -2.34. The van der Waals surface area contributed by atoms with Crippen LogP contribution in [0.4, 0.5) is 9.18 Å². The molecule has 7 heteroatoms. The lowest BCUT2D eigenvalue weighted by molar-refractivity contribution is 0.0507. The minimum atomic E-state index is -0.611. The van der Waals surface area contributed by atoms with Gasteiger partial charge in [0.15, 0.2) is 17.9 Å². The minimum Gasteiger partial charge on any atom is -0.454 e. The molecule has 0 spiro atoms. The second-order valence-corrected chi connectivity index (χ2v) is 7.82. The molecule has 1 unspecified atom stereocenters. The molecule has 0 saturated heterocycles. The summed E-state index contributed by atoms with van der Waals surface area (Å²) in [6.45, 7) is 7.03. The van der Waals surface area contributed by atoms with Crippen molar-refractivity contribution < 1.29 is 23.5 Å². The molecule has 0 fully saturated rings. The van der Waals surface area contributed by atoms with Gasteiger partial charge in [-0.3, -0.25) is 4.79 Å². The third-order valence-corrected chi connectivity index (χ3v) is 4.20. The number of halogens is 2. The standard InChI is InChI=1S/C20H21BrFNO4/c1-12(23-19(25)27-20(2,3)4)13-6-8-18(17(22)9-13)26-15-7-5-14(11-24)16(21)10-15/h5-12H,1-4H3,(H,23,25). The quantitative estimate of drug-likeness (QED) is 0.602. The van der Waals surface area contributed by atoms with Gasteiger partial charge in [-0.1, -0.05) is 6.07 Å². The van der Waals surface area contributed by atoms with Crippen molar-refractivity contribution in [2.24, 2.45) is 0 Å². The highest BCUT2D eigenvalue weighted by atomic mass is 79.9. The molecule has 1 atom stereocenters. The number of benzene rings is 2. The fourth-order valence-electron chi connectivity index (χ4n) is 2.23. The Hall–Kier alpha value is -2.41. The molecule has 0 radical (unpaired) electrons. The maximum Gasteiger partial charge on any atom is 0.408 e. The summed E-state index contributed by atoms with van der Waals surface area (Å²) in [5.41, 5.74) is 0.434. The van der Waals surface area contributed by atoms with E-state index in [2.05, 4.69) is 21.2 Å². The molecular weight excluding hydrogens is 417 g/mol. The van der Waals surface area contributed by atoms with Gasteiger partial charge in [0.25, 0.3) is 0 Å². The third kappa shape index (κ3) is 6.06. The van der Waals surface area contributed by atoms with E-state index in [1.54, 1.807) is 52.0 Å². The van der Waals surface area contributed by atoms with Crippen LogP contribution in [0.15, 0.2) is 40.9 Å². The summed E-state index contributed by atoms with van der Waals surface area (Å²) in [4.78, 5) is 22.7. The van der Waals surface area contributed by atoms with Crippen molar-refractivity contribution >= 4 is 28.3 Å². The summed E-state index contributed by atoms with van der Waals surface area (Å²) in [5, 5.41) is 2.66. The molecule has 2 aromatic rings. The van der Waals surface area contributed by atoms with Gasteiger partial charge in [-0.2, -0.15) is 0 Å². The molecule has 1 N–H and O–H groups in total. The highest BCUT2D eigenvalue weighted by Gasteiger charge is 2.19. The van der Waals surface area contributed by atoms with E-state index in [9.17, 15) is 14.0 Å². The zero-order valence-electron chi connectivity index (χ0n) is 15.5. The topological polar surface area (TPSA) is 64.6 Å². The Morgan fingerprint density at radius 3 is 2.48 bits per heavy atom. The van der Waals surface area contributed by atoms with Crippen LogP contribution in [-0.4, -0.2) is 18.0 Å². The van der Waals surface area contributed by atoms with Crippen molar-refractivity contribution in [2.45, 2.75) is 39.3 Å². The maximum absolute atomic E-state index is 14.4. The average Bonchev–Trinajstić information content (AvgIpc) is 2.55. The van der Waals surface area contributed by atoms with E-state index in [1.807, 2.05) is 0 Å². The van der Waals surface area contributed by atoms with Gasteiger partial charge in [0, 0.05) is 10.0 Å². The Morgan fingerprint density at radius 1 is 1.22 bits per heavy atom. The molecule has 0 aliphatic rings. The predicted octanol–water partition coefficient (Wildman–Crippen LogP) is 5.78. The number of amides is 1. The summed E-state index contributed by atoms with van der Waals surface area (Å²) in [5.74, 6) is -0.144. The summed E-state index contributed by atoms with van der Waals surface area (Å²) in [7, 11) is 0. The van der Waals surface area contributed by atoms with Crippen LogP contribution in [0.25, 0.3) is 0 Å². The summed E-state index contributed by atoms with van der Waals surface area (Å²) < 4.78 is 25.7. The zero-order chi connectivity index (χ0) is 20.2. The maximum atomic E-state index is 14.4. The highest BCUT2D eigenvalue weighted by molar-refractivity contribution is 9.10. The van der Waals surface area contributed by atoms with Crippen LogP contribution in [0.1, 0.15) is 49.7 Å². The van der Waals surface area contributed by atoms with Crippen LogP contribution < -0.4 is 10.1 Å². The predicted molar refractivity (Wildman–Crippen MR) is 104 cm³/mol. The van der Waals surface area contributed by atoms with Crippen LogP contribution in [0.2, 0.25) is 0 Å². The first kappa shape index (κ1) is 20.9. The first-order valence-corrected chi connectivity index (χ1v) is 9.10. The summed E-state index contributed by atoms with van der Waals surface area (Å²) >= 11 is 3.26. The van der Waals surface area contributed by atoms with E-state index in [0.717, 1.165) is 0 Å². The molecule has 144 valence electrons. The molecule has 0 heterocycles. The van der Waals surface area contributed by atoms with Crippen molar-refractivity contribution in [3.63, 3.8) is 0 Å². The molecule has 0 aromatic heterocycles. The Morgan fingerprint density at radius 2 is 1.93 bits per heavy atom. The Bertz CT molecular complexity index is 848. The smallest absolute Gasteiger partial charge is 0.408 e. The molecule has 2 rings (SSSR count). The Kier molecular flexibility index (Phi) is 6.59. The van der Waals surface area contributed by atoms with Gasteiger partial charge >= 0.3 is 6.09 Å². The number of carbonyl (C=O) groups excluding carboxylic acids is 2. The van der Waals surface area contributed by atoms with Crippen molar-refractivity contribution in [3.05, 3.63) is 57.8 Å². The van der Waals surface area contributed by atoms with Gasteiger partial charge in [0.05, 0.1) is 6.04 Å². The van der Waals surface area contributed by atoms with Gasteiger partial charge < -0.3 is 14.8 Å². The number of carbonyl (C=O) groups is 2. The van der Waals surface area contributed by atoms with Crippen LogP contribution in [-0.2, 0) is 4.74 Å². The number of ether oxygens (including phenoxy) is 2. The lowest BCUT2D eigenvalue weighted by atomic mass is 10.1. The van der Waals surface area contributed by atoms with Crippen molar-refractivity contribution in [1.29, 1.82) is 0 Å². The third-order valence-electron chi connectivity index (χ3n) is 3.52. The monoisotopic (exact) mass is 437 g/mol. The lowest BCUT2D eigenvalue weighted by Gasteiger charge is -2.22. The van der Waals surface area contributed by atoms with Gasteiger partial charge in [0.1, 0.15) is 11.4 Å². The zero-order valence-corrected chi connectivity index (χ0v) is 17.1. The van der Waals surface area contributed by atoms with Crippen molar-refractivity contribution in [3.8, 4) is 11.5 Å². The first-order chi connectivity index (χ1) is 12.6. The molecule has 0 aliphatic heterocycles. The van der Waals surface area contributed by atoms with Gasteiger partial charge in [-0.05, 0) is 79.5 Å². The van der Waals surface area contributed by atoms with Gasteiger partial charge in [-0.15, -0.1) is 0 Å². The number of rotatable bonds is 5. The van der Waals surface area contributed by atoms with E-state index < -0.39 is 23.6 Å². The van der Waals surface area contributed by atoms with E-state index >= 15 is 0 Å². The normalized spacial score (nSPS) is 12.2. The molecule has 27 heavy (non-hydrogen) atoms. The number of alkyl carbamates (subject to hydrolysis) is 1. The SMILES string of the molecule is CC(NC(=O)OC(C)(C)C)c1ccc(Oc2ccc(C=O)c(Br)c2)c(F)c1. The van der Waals surface area contributed by atoms with E-state index in [0.29, 0.717) is 27.6 Å². The number of aldehydes is 1. The fraction of sp³-hybridized carbons (Fsp3) is 0.300. The van der Waals surface area contributed by atoms with Crippen LogP contribution in [0.3, 0.4) is 0 Å². The largest absolute Gasteiger partial charge is 0.454 e. The number of nitrogens with one attached hydrogen (secondary N) is 1. The Labute approximate surface area is 166 Å². The summed E-state index contributed by atoms with van der Waals surface area (Å²) in [6.07, 6.45) is 0.137. The molecule has 0 bridgehead atoms. The second-order valence-electron chi connectivity index (χ2n) is 6.96. The molecule has 1 amide bonds. The van der Waals surface area contributed by atoms with E-state index in [4.69, 9.17) is 9.47 Å². The molecule has 5 nitrogen and oxygen atoms in total. The molecular formula is C20H21BrFNO4. The van der Waals surface area contributed by atoms with Gasteiger partial charge in [0.2, 0.25) is 0 Å². The fourth-order valence-corrected chi connectivity index (χ4v) is 2.68. The Balaban J connectivity index is 2.09. The van der Waals surface area contributed by atoms with Crippen LogP contribution >= 0.6 is 15.9 Å². The number of hydrogen-bond donors (Lipinski definition) is 1. The molecule has 0 saturated carbocycles. The van der Waals surface area contributed by atoms with Crippen LogP contribution in [0, 0.1) is 5.82 Å². The average molecular weight is 438 g/mol. The second kappa shape index (κ2) is 8.52. The first-order valence-electron chi connectivity index (χ1n) is 8.30. The van der Waals surface area contributed by atoms with Crippen LogP contribution in [0.5, 0.6) is 11.5 Å². The molecule has 2 aromatic carbocycles. The van der Waals surface area contributed by atoms with E-state index in [1.165, 1.54) is 12.1 Å². The number of hydrogen-bond acceptors (Lipinski definition) is 4. The highest BCUT2D eigenvalue weighted by Crippen LogP contribution is 2.29. The van der Waals surface area contributed by atoms with Crippen molar-refractivity contribution in [1.82, 2.24) is 5.32 Å². The van der Waals surface area contributed by atoms with Gasteiger partial charge in [-0.25, -0.2) is 9.18 Å².